The molecule has 0 amide bonds. The third-order valence-corrected chi connectivity index (χ3v) is 2.57. The van der Waals surface area contributed by atoms with E-state index >= 15 is 0 Å². The Morgan fingerprint density at radius 2 is 2.28 bits per heavy atom. The Morgan fingerprint density at radius 1 is 1.67 bits per heavy atom. The molecule has 0 fully saturated rings. The van der Waals surface area contributed by atoms with E-state index in [2.05, 4.69) is 25.7 Å². The molecule has 1 aromatic rings. The predicted octanol–water partition coefficient (Wildman–Crippen LogP) is 2.87. The molecule has 9 heteroatoms. The summed E-state index contributed by atoms with van der Waals surface area (Å²) in [5.41, 5.74) is -2.44. The summed E-state index contributed by atoms with van der Waals surface area (Å²) in [6.45, 7) is 1.38. The van der Waals surface area contributed by atoms with Gasteiger partial charge in [-0.3, -0.25) is 10.1 Å². The average molecular weight is 325 g/mol. The molecule has 0 aliphatic heterocycles. The molecule has 0 spiro atoms. The van der Waals surface area contributed by atoms with Crippen LogP contribution in [0.1, 0.15) is 29.3 Å². The van der Waals surface area contributed by atoms with E-state index in [-0.39, 0.29) is 11.2 Å². The van der Waals surface area contributed by atoms with Gasteiger partial charge in [0.15, 0.2) is 5.56 Å². The van der Waals surface area contributed by atoms with Crippen molar-refractivity contribution in [2.45, 2.75) is 13.3 Å². The van der Waals surface area contributed by atoms with Crippen LogP contribution in [0.5, 0.6) is 0 Å². The average Bonchev–Trinajstić information content (AvgIpc) is 2.27. The minimum absolute atomic E-state index is 0.0847. The van der Waals surface area contributed by atoms with Gasteiger partial charge in [0.25, 0.3) is 6.43 Å². The molecule has 98 valence electrons. The molecule has 0 saturated heterocycles. The Hall–Kier alpha value is -1.64. The second kappa shape index (κ2) is 5.80. The van der Waals surface area contributed by atoms with E-state index in [4.69, 9.17) is 0 Å². The van der Waals surface area contributed by atoms with Crippen molar-refractivity contribution < 1.29 is 23.2 Å². The Morgan fingerprint density at radius 3 is 2.72 bits per heavy atom. The standard InChI is InChI=1S/C9H7BrF2N2O4/c1-2-18-9(15)5-4(14(16)17)3-13-7(10)6(5)8(11)12/h3,8H,2H2,1H3. The fraction of sp³-hybridized carbons (Fsp3) is 0.333. The fourth-order valence-corrected chi connectivity index (χ4v) is 1.72. The Kier molecular flexibility index (Phi) is 4.65. The van der Waals surface area contributed by atoms with E-state index in [1.165, 1.54) is 6.92 Å². The number of hydrogen-bond donors (Lipinski definition) is 0. The highest BCUT2D eigenvalue weighted by Gasteiger charge is 2.32. The van der Waals surface area contributed by atoms with Crippen LogP contribution in [0.4, 0.5) is 14.5 Å². The topological polar surface area (TPSA) is 82.3 Å². The van der Waals surface area contributed by atoms with Crippen molar-refractivity contribution in [3.05, 3.63) is 32.0 Å². The van der Waals surface area contributed by atoms with Crippen molar-refractivity contribution in [2.24, 2.45) is 0 Å². The van der Waals surface area contributed by atoms with E-state index in [0.29, 0.717) is 0 Å². The van der Waals surface area contributed by atoms with Gasteiger partial charge in [-0.05, 0) is 22.9 Å². The van der Waals surface area contributed by atoms with Crippen LogP contribution in [0.25, 0.3) is 0 Å². The fourth-order valence-electron chi connectivity index (χ4n) is 1.25. The van der Waals surface area contributed by atoms with Crippen LogP contribution in [0.15, 0.2) is 10.8 Å². The van der Waals surface area contributed by atoms with E-state index in [1.807, 2.05) is 0 Å². The summed E-state index contributed by atoms with van der Waals surface area (Å²) in [6.07, 6.45) is -2.37. The van der Waals surface area contributed by atoms with Gasteiger partial charge in [-0.1, -0.05) is 0 Å². The van der Waals surface area contributed by atoms with Crippen molar-refractivity contribution >= 4 is 27.6 Å². The number of carbonyl (C=O) groups is 1. The lowest BCUT2D eigenvalue weighted by Gasteiger charge is -2.09. The number of hydrogen-bond acceptors (Lipinski definition) is 5. The smallest absolute Gasteiger partial charge is 0.345 e. The molecule has 1 heterocycles. The number of ether oxygens (including phenoxy) is 1. The lowest BCUT2D eigenvalue weighted by atomic mass is 10.1. The van der Waals surface area contributed by atoms with Gasteiger partial charge in [0.1, 0.15) is 10.8 Å². The molecule has 0 aromatic carbocycles. The third-order valence-electron chi connectivity index (χ3n) is 1.94. The molecular formula is C9H7BrF2N2O4. The first-order chi connectivity index (χ1) is 8.40. The maximum absolute atomic E-state index is 12.8. The molecule has 0 aliphatic rings. The zero-order chi connectivity index (χ0) is 13.9. The highest BCUT2D eigenvalue weighted by Crippen LogP contribution is 2.34. The molecule has 0 N–H and O–H groups in total. The monoisotopic (exact) mass is 324 g/mol. The van der Waals surface area contributed by atoms with E-state index in [1.54, 1.807) is 0 Å². The van der Waals surface area contributed by atoms with Crippen LogP contribution in [0.2, 0.25) is 0 Å². The molecule has 0 radical (unpaired) electrons. The van der Waals surface area contributed by atoms with Crippen LogP contribution in [-0.2, 0) is 4.74 Å². The Balaban J connectivity index is 3.53. The molecule has 0 saturated carbocycles. The lowest BCUT2D eigenvalue weighted by molar-refractivity contribution is -0.385. The summed E-state index contributed by atoms with van der Waals surface area (Å²) in [7, 11) is 0. The summed E-state index contributed by atoms with van der Waals surface area (Å²) < 4.78 is 29.9. The normalized spacial score (nSPS) is 10.5. The van der Waals surface area contributed by atoms with Gasteiger partial charge in [0.2, 0.25) is 0 Å². The van der Waals surface area contributed by atoms with Gasteiger partial charge in [-0.25, -0.2) is 18.6 Å². The van der Waals surface area contributed by atoms with Crippen LogP contribution in [-0.4, -0.2) is 22.5 Å². The molecule has 6 nitrogen and oxygen atoms in total. The first-order valence-electron chi connectivity index (χ1n) is 4.68. The van der Waals surface area contributed by atoms with Crippen LogP contribution >= 0.6 is 15.9 Å². The minimum atomic E-state index is -3.09. The quantitative estimate of drug-likeness (QED) is 0.368. The van der Waals surface area contributed by atoms with Gasteiger partial charge < -0.3 is 4.74 Å². The number of rotatable bonds is 4. The number of nitro groups is 1. The van der Waals surface area contributed by atoms with Gasteiger partial charge in [-0.2, -0.15) is 0 Å². The van der Waals surface area contributed by atoms with Gasteiger partial charge in [-0.15, -0.1) is 0 Å². The lowest BCUT2D eigenvalue weighted by Crippen LogP contribution is -2.13. The highest BCUT2D eigenvalue weighted by atomic mass is 79.9. The number of alkyl halides is 2. The number of esters is 1. The molecule has 1 rings (SSSR count). The number of halogens is 3. The van der Waals surface area contributed by atoms with Crippen LogP contribution < -0.4 is 0 Å². The summed E-state index contributed by atoms with van der Waals surface area (Å²) >= 11 is 2.73. The van der Waals surface area contributed by atoms with Crippen LogP contribution in [0.3, 0.4) is 0 Å². The third kappa shape index (κ3) is 2.78. The number of aromatic nitrogens is 1. The number of pyridine rings is 1. The predicted molar refractivity (Wildman–Crippen MR) is 59.5 cm³/mol. The van der Waals surface area contributed by atoms with E-state index in [0.717, 1.165) is 6.20 Å². The zero-order valence-electron chi connectivity index (χ0n) is 9.02. The second-order valence-corrected chi connectivity index (χ2v) is 3.75. The first kappa shape index (κ1) is 14.4. The summed E-state index contributed by atoms with van der Waals surface area (Å²) in [6, 6.07) is 0. The highest BCUT2D eigenvalue weighted by molar-refractivity contribution is 9.10. The number of nitrogens with zero attached hydrogens (tertiary/aromatic N) is 2. The molecule has 0 aliphatic carbocycles. The second-order valence-electron chi connectivity index (χ2n) is 3.00. The van der Waals surface area contributed by atoms with Crippen molar-refractivity contribution in [1.29, 1.82) is 0 Å². The molecule has 0 bridgehead atoms. The van der Waals surface area contributed by atoms with Crippen molar-refractivity contribution in [3.8, 4) is 0 Å². The molecule has 0 unspecified atom stereocenters. The summed E-state index contributed by atoms with van der Waals surface area (Å²) in [5.74, 6) is -1.18. The number of carbonyl (C=O) groups excluding carboxylic acids is 1. The Bertz CT molecular complexity index is 496. The largest absolute Gasteiger partial charge is 0.462 e. The van der Waals surface area contributed by atoms with E-state index < -0.39 is 34.1 Å². The molecule has 18 heavy (non-hydrogen) atoms. The maximum Gasteiger partial charge on any atom is 0.345 e. The van der Waals surface area contributed by atoms with Gasteiger partial charge >= 0.3 is 11.7 Å². The van der Waals surface area contributed by atoms with Gasteiger partial charge in [0.05, 0.1) is 17.1 Å². The molecule has 0 atom stereocenters. The first-order valence-corrected chi connectivity index (χ1v) is 5.47. The van der Waals surface area contributed by atoms with Gasteiger partial charge in [0, 0.05) is 0 Å². The van der Waals surface area contributed by atoms with Crippen LogP contribution in [0, 0.1) is 10.1 Å². The molecular weight excluding hydrogens is 318 g/mol. The van der Waals surface area contributed by atoms with E-state index in [9.17, 15) is 23.7 Å². The maximum atomic E-state index is 12.8. The summed E-state index contributed by atoms with van der Waals surface area (Å²) in [4.78, 5) is 24.7. The molecule has 1 aromatic heterocycles. The zero-order valence-corrected chi connectivity index (χ0v) is 10.6. The van der Waals surface area contributed by atoms with Crippen molar-refractivity contribution in [3.63, 3.8) is 0 Å². The Labute approximate surface area is 108 Å². The summed E-state index contributed by atoms with van der Waals surface area (Å²) in [5, 5.41) is 10.7. The minimum Gasteiger partial charge on any atom is -0.462 e. The van der Waals surface area contributed by atoms with Crippen molar-refractivity contribution in [1.82, 2.24) is 4.98 Å². The SMILES string of the molecule is CCOC(=O)c1c([N+](=O)[O-])cnc(Br)c1C(F)F. The van der Waals surface area contributed by atoms with Crippen molar-refractivity contribution in [2.75, 3.05) is 6.61 Å².